The predicted octanol–water partition coefficient (Wildman–Crippen LogP) is 5.87. The van der Waals surface area contributed by atoms with E-state index in [0.717, 1.165) is 36.8 Å². The van der Waals surface area contributed by atoms with E-state index < -0.39 is 29.3 Å². The third kappa shape index (κ3) is 12.2. The summed E-state index contributed by atoms with van der Waals surface area (Å²) in [5.41, 5.74) is 0.759. The fourth-order valence-electron chi connectivity index (χ4n) is 3.89. The zero-order valence-corrected chi connectivity index (χ0v) is 25.2. The van der Waals surface area contributed by atoms with Gasteiger partial charge in [0.2, 0.25) is 11.8 Å². The van der Waals surface area contributed by atoms with Gasteiger partial charge in [-0.3, -0.25) is 9.59 Å². The fraction of sp³-hybridized carbons (Fsp3) is 0.690. The Labute approximate surface area is 228 Å². The van der Waals surface area contributed by atoms with Crippen molar-refractivity contribution in [3.05, 3.63) is 35.4 Å². The number of carbonyl (C=O) groups excluding carboxylic acids is 3. The standard InChI is InChI=1S/C29H49N3O4S/c1-10-12-13-19-32(26(34)23(18-20-37-9)30-27(35)36-29(6,7)8)24(25(33)31-28(3,4)5)22-16-14-21(11-2)15-17-22/h14-17,23-24H,10-13,18-20H2,1-9H3,(H,30,35)(H,31,33). The van der Waals surface area contributed by atoms with Crippen LogP contribution in [-0.4, -0.2) is 58.5 Å². The van der Waals surface area contributed by atoms with E-state index in [0.29, 0.717) is 18.7 Å². The molecule has 0 aliphatic rings. The number of alkyl carbamates (subject to hydrolysis) is 1. The van der Waals surface area contributed by atoms with Gasteiger partial charge in [0.25, 0.3) is 0 Å². The minimum absolute atomic E-state index is 0.234. The van der Waals surface area contributed by atoms with Gasteiger partial charge in [-0.25, -0.2) is 4.79 Å². The predicted molar refractivity (Wildman–Crippen MR) is 154 cm³/mol. The largest absolute Gasteiger partial charge is 0.444 e. The van der Waals surface area contributed by atoms with E-state index in [9.17, 15) is 14.4 Å². The third-order valence-corrected chi connectivity index (χ3v) is 6.29. The SMILES string of the molecule is CCCCCN(C(=O)C(CCSC)NC(=O)OC(C)(C)C)C(C(=O)NC(C)(C)C)c1ccc(CC)cc1. The molecule has 8 heteroatoms. The first kappa shape index (κ1) is 32.8. The molecule has 0 fully saturated rings. The van der Waals surface area contributed by atoms with E-state index in [-0.39, 0.29) is 11.8 Å². The number of ether oxygens (including phenoxy) is 1. The maximum atomic E-state index is 14.1. The van der Waals surface area contributed by atoms with Crippen LogP contribution in [0.25, 0.3) is 0 Å². The Kier molecular flexibility index (Phi) is 13.5. The van der Waals surface area contributed by atoms with Crippen LogP contribution >= 0.6 is 11.8 Å². The van der Waals surface area contributed by atoms with Crippen molar-refractivity contribution in [1.82, 2.24) is 15.5 Å². The second-order valence-electron chi connectivity index (χ2n) is 11.5. The molecule has 1 aromatic carbocycles. The molecule has 0 spiro atoms. The van der Waals surface area contributed by atoms with Gasteiger partial charge < -0.3 is 20.3 Å². The summed E-state index contributed by atoms with van der Waals surface area (Å²) < 4.78 is 5.45. The summed E-state index contributed by atoms with van der Waals surface area (Å²) in [6.45, 7) is 15.7. The molecule has 0 heterocycles. The lowest BCUT2D eigenvalue weighted by atomic mass is 9.98. The van der Waals surface area contributed by atoms with E-state index in [4.69, 9.17) is 4.74 Å². The number of carbonyl (C=O) groups is 3. The van der Waals surface area contributed by atoms with Crippen molar-refractivity contribution in [2.45, 2.75) is 111 Å². The number of rotatable bonds is 13. The van der Waals surface area contributed by atoms with E-state index in [1.165, 1.54) is 0 Å². The van der Waals surface area contributed by atoms with Crippen LogP contribution < -0.4 is 10.6 Å². The van der Waals surface area contributed by atoms with E-state index in [1.807, 2.05) is 51.3 Å². The van der Waals surface area contributed by atoms with Crippen molar-refractivity contribution < 1.29 is 19.1 Å². The number of hydrogen-bond donors (Lipinski definition) is 2. The average molecular weight is 536 g/mol. The van der Waals surface area contributed by atoms with Gasteiger partial charge in [-0.15, -0.1) is 0 Å². The van der Waals surface area contributed by atoms with Crippen molar-refractivity contribution in [3.8, 4) is 0 Å². The van der Waals surface area contributed by atoms with Crippen LogP contribution in [0.4, 0.5) is 4.79 Å². The summed E-state index contributed by atoms with van der Waals surface area (Å²) in [6, 6.07) is 6.26. The molecule has 2 unspecified atom stereocenters. The first-order chi connectivity index (χ1) is 17.2. The molecule has 1 aromatic rings. The number of nitrogens with one attached hydrogen (secondary N) is 2. The highest BCUT2D eigenvalue weighted by atomic mass is 32.2. The molecule has 0 saturated carbocycles. The second kappa shape index (κ2) is 15.3. The number of nitrogens with zero attached hydrogens (tertiary/aromatic N) is 1. The zero-order valence-electron chi connectivity index (χ0n) is 24.4. The fourth-order valence-corrected chi connectivity index (χ4v) is 4.36. The van der Waals surface area contributed by atoms with Gasteiger partial charge in [0.15, 0.2) is 0 Å². The topological polar surface area (TPSA) is 87.7 Å². The van der Waals surface area contributed by atoms with Crippen molar-refractivity contribution in [2.75, 3.05) is 18.6 Å². The van der Waals surface area contributed by atoms with Crippen molar-refractivity contribution >= 4 is 29.7 Å². The van der Waals surface area contributed by atoms with Gasteiger partial charge in [-0.2, -0.15) is 11.8 Å². The van der Waals surface area contributed by atoms with Crippen LogP contribution in [0.2, 0.25) is 0 Å². The molecule has 2 atom stereocenters. The number of thioether (sulfide) groups is 1. The molecule has 1 rings (SSSR count). The van der Waals surface area contributed by atoms with E-state index >= 15 is 0 Å². The van der Waals surface area contributed by atoms with Gasteiger partial charge in [0, 0.05) is 12.1 Å². The molecular formula is C29H49N3O4S. The molecule has 0 bridgehead atoms. The molecule has 210 valence electrons. The Morgan fingerprint density at radius 1 is 1.00 bits per heavy atom. The Bertz CT molecular complexity index is 859. The van der Waals surface area contributed by atoms with Crippen molar-refractivity contribution in [1.29, 1.82) is 0 Å². The Hall–Kier alpha value is -2.22. The van der Waals surface area contributed by atoms with Crippen molar-refractivity contribution in [2.24, 2.45) is 0 Å². The molecule has 0 aromatic heterocycles. The Balaban J connectivity index is 3.50. The molecule has 7 nitrogen and oxygen atoms in total. The van der Waals surface area contributed by atoms with Gasteiger partial charge in [-0.1, -0.05) is 51.0 Å². The number of hydrogen-bond acceptors (Lipinski definition) is 5. The quantitative estimate of drug-likeness (QED) is 0.309. The highest BCUT2D eigenvalue weighted by molar-refractivity contribution is 7.98. The minimum Gasteiger partial charge on any atom is -0.444 e. The summed E-state index contributed by atoms with van der Waals surface area (Å²) in [5, 5.41) is 5.87. The van der Waals surface area contributed by atoms with Crippen LogP contribution in [0, 0.1) is 0 Å². The van der Waals surface area contributed by atoms with Gasteiger partial charge in [0.1, 0.15) is 17.7 Å². The second-order valence-corrected chi connectivity index (χ2v) is 12.4. The monoisotopic (exact) mass is 535 g/mol. The maximum Gasteiger partial charge on any atom is 0.408 e. The first-order valence-corrected chi connectivity index (χ1v) is 14.8. The zero-order chi connectivity index (χ0) is 28.2. The van der Waals surface area contributed by atoms with Gasteiger partial charge >= 0.3 is 6.09 Å². The summed E-state index contributed by atoms with van der Waals surface area (Å²) in [7, 11) is 0. The van der Waals surface area contributed by atoms with Crippen LogP contribution in [-0.2, 0) is 20.7 Å². The summed E-state index contributed by atoms with van der Waals surface area (Å²) in [4.78, 5) is 42.2. The highest BCUT2D eigenvalue weighted by Crippen LogP contribution is 2.26. The number of aryl methyl sites for hydroxylation is 1. The lowest BCUT2D eigenvalue weighted by molar-refractivity contribution is -0.143. The van der Waals surface area contributed by atoms with E-state index in [2.05, 4.69) is 24.5 Å². The van der Waals surface area contributed by atoms with E-state index in [1.54, 1.807) is 37.4 Å². The molecular weight excluding hydrogens is 486 g/mol. The van der Waals surface area contributed by atoms with Crippen molar-refractivity contribution in [3.63, 3.8) is 0 Å². The summed E-state index contributed by atoms with van der Waals surface area (Å²) >= 11 is 1.60. The number of unbranched alkanes of at least 4 members (excludes halogenated alkanes) is 2. The smallest absolute Gasteiger partial charge is 0.408 e. The van der Waals surface area contributed by atoms with Crippen LogP contribution in [0.3, 0.4) is 0 Å². The summed E-state index contributed by atoms with van der Waals surface area (Å²) in [5.74, 6) is 0.172. The maximum absolute atomic E-state index is 14.1. The molecule has 37 heavy (non-hydrogen) atoms. The number of benzene rings is 1. The molecule has 0 aliphatic carbocycles. The van der Waals surface area contributed by atoms with Gasteiger partial charge in [0.05, 0.1) is 0 Å². The average Bonchev–Trinajstić information content (AvgIpc) is 2.78. The molecule has 3 amide bonds. The first-order valence-electron chi connectivity index (χ1n) is 13.4. The van der Waals surface area contributed by atoms with Crippen LogP contribution in [0.15, 0.2) is 24.3 Å². The molecule has 0 radical (unpaired) electrons. The molecule has 2 N–H and O–H groups in total. The molecule has 0 saturated heterocycles. The molecule has 0 aliphatic heterocycles. The van der Waals surface area contributed by atoms with Crippen LogP contribution in [0.1, 0.15) is 98.2 Å². The summed E-state index contributed by atoms with van der Waals surface area (Å²) in [6.07, 6.45) is 5.32. The minimum atomic E-state index is -0.813. The normalized spacial score (nSPS) is 13.4. The number of amides is 3. The van der Waals surface area contributed by atoms with Gasteiger partial charge in [-0.05, 0) is 83.9 Å². The Morgan fingerprint density at radius 3 is 2.11 bits per heavy atom. The lowest BCUT2D eigenvalue weighted by Gasteiger charge is -2.36. The highest BCUT2D eigenvalue weighted by Gasteiger charge is 2.37. The lowest BCUT2D eigenvalue weighted by Crippen LogP contribution is -2.55. The Morgan fingerprint density at radius 2 is 1.62 bits per heavy atom. The van der Waals surface area contributed by atoms with Crippen LogP contribution in [0.5, 0.6) is 0 Å². The third-order valence-electron chi connectivity index (χ3n) is 5.65.